The Morgan fingerprint density at radius 1 is 1.00 bits per heavy atom. The van der Waals surface area contributed by atoms with Crippen LogP contribution in [0.1, 0.15) is 54.9 Å². The zero-order valence-corrected chi connectivity index (χ0v) is 17.3. The summed E-state index contributed by atoms with van der Waals surface area (Å²) in [5.41, 5.74) is 2.18. The molecule has 3 aromatic rings. The Labute approximate surface area is 174 Å². The number of carbonyl (C=O) groups is 2. The second-order valence-corrected chi connectivity index (χ2v) is 7.81. The SMILES string of the molecule is COC(=O)[C@@H](c1cccc2nc3c(C(=O)O)cccc3nc12)[C@H](O)CCCC(C)C. The van der Waals surface area contributed by atoms with Crippen molar-refractivity contribution in [1.29, 1.82) is 0 Å². The fraction of sp³-hybridized carbons (Fsp3) is 0.391. The fourth-order valence-corrected chi connectivity index (χ4v) is 3.68. The highest BCUT2D eigenvalue weighted by Gasteiger charge is 2.31. The number of nitrogens with zero attached hydrogens (tertiary/aromatic N) is 2. The lowest BCUT2D eigenvalue weighted by Crippen LogP contribution is -2.28. The maximum Gasteiger partial charge on any atom is 0.337 e. The van der Waals surface area contributed by atoms with E-state index in [9.17, 15) is 19.8 Å². The number of rotatable bonds is 8. The average molecular weight is 410 g/mol. The first kappa shape index (κ1) is 21.6. The van der Waals surface area contributed by atoms with E-state index in [0.29, 0.717) is 34.5 Å². The van der Waals surface area contributed by atoms with Crippen LogP contribution < -0.4 is 0 Å². The molecule has 7 heteroatoms. The smallest absolute Gasteiger partial charge is 0.337 e. The third-order valence-corrected chi connectivity index (χ3v) is 5.21. The number of carboxylic acid groups (broad SMARTS) is 1. The van der Waals surface area contributed by atoms with Crippen LogP contribution >= 0.6 is 0 Å². The van der Waals surface area contributed by atoms with E-state index in [1.807, 2.05) is 0 Å². The summed E-state index contributed by atoms with van der Waals surface area (Å²) >= 11 is 0. The molecule has 1 aromatic heterocycles. The largest absolute Gasteiger partial charge is 0.478 e. The molecule has 3 rings (SSSR count). The van der Waals surface area contributed by atoms with Crippen molar-refractivity contribution in [2.45, 2.75) is 45.1 Å². The predicted molar refractivity (Wildman–Crippen MR) is 113 cm³/mol. The Kier molecular flexibility index (Phi) is 6.62. The second-order valence-electron chi connectivity index (χ2n) is 7.81. The van der Waals surface area contributed by atoms with E-state index in [2.05, 4.69) is 23.8 Å². The molecule has 0 bridgehead atoms. The van der Waals surface area contributed by atoms with Gasteiger partial charge in [-0.05, 0) is 36.1 Å². The Morgan fingerprint density at radius 2 is 1.63 bits per heavy atom. The summed E-state index contributed by atoms with van der Waals surface area (Å²) in [6.45, 7) is 4.22. The zero-order chi connectivity index (χ0) is 21.8. The van der Waals surface area contributed by atoms with Crippen LogP contribution in [0, 0.1) is 5.92 Å². The molecule has 158 valence electrons. The summed E-state index contributed by atoms with van der Waals surface area (Å²) in [5, 5.41) is 20.3. The number of esters is 1. The molecule has 2 aromatic carbocycles. The van der Waals surface area contributed by atoms with Gasteiger partial charge >= 0.3 is 11.9 Å². The molecule has 0 saturated heterocycles. The van der Waals surface area contributed by atoms with E-state index in [0.717, 1.165) is 12.8 Å². The molecule has 30 heavy (non-hydrogen) atoms. The molecule has 0 fully saturated rings. The molecule has 0 saturated carbocycles. The van der Waals surface area contributed by atoms with Gasteiger partial charge in [-0.1, -0.05) is 44.9 Å². The minimum absolute atomic E-state index is 0.0607. The van der Waals surface area contributed by atoms with Crippen LogP contribution in [0.5, 0.6) is 0 Å². The molecule has 1 heterocycles. The predicted octanol–water partition coefficient (Wildman–Crippen LogP) is 3.93. The van der Waals surface area contributed by atoms with Gasteiger partial charge in [-0.3, -0.25) is 4.79 Å². The van der Waals surface area contributed by atoms with E-state index >= 15 is 0 Å². The van der Waals surface area contributed by atoms with Crippen LogP contribution in [-0.2, 0) is 9.53 Å². The number of fused-ring (bicyclic) bond motifs is 2. The van der Waals surface area contributed by atoms with Crippen LogP contribution in [0.15, 0.2) is 36.4 Å². The van der Waals surface area contributed by atoms with Crippen molar-refractivity contribution in [1.82, 2.24) is 9.97 Å². The molecule has 0 aliphatic heterocycles. The summed E-state index contributed by atoms with van der Waals surface area (Å²) in [6.07, 6.45) is 1.26. The average Bonchev–Trinajstić information content (AvgIpc) is 2.71. The van der Waals surface area contributed by atoms with E-state index in [1.165, 1.54) is 13.2 Å². The number of aromatic nitrogens is 2. The molecule has 2 N–H and O–H groups in total. The van der Waals surface area contributed by atoms with Crippen molar-refractivity contribution in [2.24, 2.45) is 5.92 Å². The van der Waals surface area contributed by atoms with E-state index < -0.39 is 24.0 Å². The Bertz CT molecular complexity index is 1080. The number of hydrogen-bond donors (Lipinski definition) is 2. The van der Waals surface area contributed by atoms with Gasteiger partial charge in [0.2, 0.25) is 0 Å². The molecule has 0 radical (unpaired) electrons. The van der Waals surface area contributed by atoms with Crippen LogP contribution in [0.3, 0.4) is 0 Å². The first-order valence-corrected chi connectivity index (χ1v) is 10.0. The molecule has 0 aliphatic carbocycles. The summed E-state index contributed by atoms with van der Waals surface area (Å²) in [4.78, 5) is 33.2. The number of carboxylic acids is 1. The summed E-state index contributed by atoms with van der Waals surface area (Å²) in [5.74, 6) is -2.02. The number of hydrogen-bond acceptors (Lipinski definition) is 6. The molecule has 0 unspecified atom stereocenters. The van der Waals surface area contributed by atoms with Gasteiger partial charge in [-0.15, -0.1) is 0 Å². The van der Waals surface area contributed by atoms with Gasteiger partial charge < -0.3 is 14.9 Å². The Hall–Kier alpha value is -3.06. The standard InChI is InChI=1S/C23H26N2O5/c1-13(2)7-4-12-18(26)19(23(29)30-3)14-8-5-10-16-20(14)24-17-11-6-9-15(22(27)28)21(17)25-16/h5-6,8-11,13,18-19,26H,4,7,12H2,1-3H3,(H,27,28)/t18-,19+/m1/s1. The number of benzene rings is 2. The van der Waals surface area contributed by atoms with Gasteiger partial charge in [0.05, 0.1) is 35.3 Å². The first-order valence-electron chi connectivity index (χ1n) is 10.0. The third-order valence-electron chi connectivity index (χ3n) is 5.21. The molecular formula is C23H26N2O5. The Morgan fingerprint density at radius 3 is 2.27 bits per heavy atom. The number of ether oxygens (including phenoxy) is 1. The normalized spacial score (nSPS) is 13.5. The highest BCUT2D eigenvalue weighted by Crippen LogP contribution is 2.31. The summed E-state index contributed by atoms with van der Waals surface area (Å²) in [7, 11) is 1.29. The van der Waals surface area contributed by atoms with Gasteiger partial charge in [0.1, 0.15) is 11.4 Å². The molecule has 7 nitrogen and oxygen atoms in total. The minimum Gasteiger partial charge on any atom is -0.478 e. The van der Waals surface area contributed by atoms with Crippen molar-refractivity contribution in [2.75, 3.05) is 7.11 Å². The zero-order valence-electron chi connectivity index (χ0n) is 17.3. The quantitative estimate of drug-likeness (QED) is 0.428. The van der Waals surface area contributed by atoms with Gasteiger partial charge in [0, 0.05) is 0 Å². The fourth-order valence-electron chi connectivity index (χ4n) is 3.68. The highest BCUT2D eigenvalue weighted by molar-refractivity contribution is 6.03. The van der Waals surface area contributed by atoms with Gasteiger partial charge in [-0.25, -0.2) is 14.8 Å². The van der Waals surface area contributed by atoms with Crippen molar-refractivity contribution in [3.8, 4) is 0 Å². The van der Waals surface area contributed by atoms with Gasteiger partial charge in [0.15, 0.2) is 0 Å². The molecule has 2 atom stereocenters. The maximum atomic E-state index is 12.6. The molecule has 0 amide bonds. The number of aliphatic hydroxyl groups excluding tert-OH is 1. The first-order chi connectivity index (χ1) is 14.3. The van der Waals surface area contributed by atoms with Gasteiger partial charge in [0.25, 0.3) is 0 Å². The summed E-state index contributed by atoms with van der Waals surface area (Å²) in [6, 6.07) is 9.92. The van der Waals surface area contributed by atoms with Crippen LogP contribution in [-0.4, -0.2) is 45.3 Å². The van der Waals surface area contributed by atoms with Crippen LogP contribution in [0.4, 0.5) is 0 Å². The van der Waals surface area contributed by atoms with E-state index in [4.69, 9.17) is 4.74 Å². The third kappa shape index (κ3) is 4.41. The minimum atomic E-state index is -1.08. The van der Waals surface area contributed by atoms with Crippen molar-refractivity contribution < 1.29 is 24.5 Å². The number of carbonyl (C=O) groups excluding carboxylic acids is 1. The monoisotopic (exact) mass is 410 g/mol. The van der Waals surface area contributed by atoms with E-state index in [-0.39, 0.29) is 11.1 Å². The van der Waals surface area contributed by atoms with Crippen molar-refractivity contribution in [3.63, 3.8) is 0 Å². The Balaban J connectivity index is 2.11. The van der Waals surface area contributed by atoms with E-state index in [1.54, 1.807) is 30.3 Å². The second kappa shape index (κ2) is 9.17. The maximum absolute atomic E-state index is 12.6. The van der Waals surface area contributed by atoms with Crippen molar-refractivity contribution in [3.05, 3.63) is 47.5 Å². The number of para-hydroxylation sites is 2. The lowest BCUT2D eigenvalue weighted by atomic mass is 9.88. The lowest BCUT2D eigenvalue weighted by molar-refractivity contribution is -0.145. The van der Waals surface area contributed by atoms with Gasteiger partial charge in [-0.2, -0.15) is 0 Å². The van der Waals surface area contributed by atoms with Crippen LogP contribution in [0.2, 0.25) is 0 Å². The highest BCUT2D eigenvalue weighted by atomic mass is 16.5. The lowest BCUT2D eigenvalue weighted by Gasteiger charge is -2.22. The molecule has 0 spiro atoms. The van der Waals surface area contributed by atoms with Crippen LogP contribution in [0.25, 0.3) is 22.1 Å². The van der Waals surface area contributed by atoms with Crippen molar-refractivity contribution >= 4 is 34.0 Å². The molecular weight excluding hydrogens is 384 g/mol. The number of aliphatic hydroxyl groups is 1. The topological polar surface area (TPSA) is 110 Å². The molecule has 0 aliphatic rings. The summed E-state index contributed by atoms with van der Waals surface area (Å²) < 4.78 is 4.98. The number of aromatic carboxylic acids is 1. The number of methoxy groups -OCH3 is 1.